The summed E-state index contributed by atoms with van der Waals surface area (Å²) < 4.78 is 5.61. The van der Waals surface area contributed by atoms with E-state index in [9.17, 15) is 4.79 Å². The van der Waals surface area contributed by atoms with Gasteiger partial charge in [-0.15, -0.1) is 0 Å². The molecule has 0 aromatic heterocycles. The maximum atomic E-state index is 11.7. The highest BCUT2D eigenvalue weighted by Crippen LogP contribution is 2.24. The van der Waals surface area contributed by atoms with Crippen LogP contribution in [-0.2, 0) is 4.79 Å². The van der Waals surface area contributed by atoms with Gasteiger partial charge in [-0.25, -0.2) is 0 Å². The van der Waals surface area contributed by atoms with Crippen LogP contribution in [0.2, 0.25) is 0 Å². The molecule has 0 spiro atoms. The highest BCUT2D eigenvalue weighted by atomic mass is 16.5. The summed E-state index contributed by atoms with van der Waals surface area (Å²) in [5, 5.41) is 5.03. The number of nitrogens with one attached hydrogen (secondary N) is 1. The van der Waals surface area contributed by atoms with Crippen molar-refractivity contribution >= 4 is 16.7 Å². The number of ether oxygens (including phenoxy) is 1. The van der Waals surface area contributed by atoms with Gasteiger partial charge >= 0.3 is 0 Å². The van der Waals surface area contributed by atoms with E-state index in [1.165, 1.54) is 0 Å². The average molecular weight is 257 g/mol. The molecule has 0 radical (unpaired) electrons. The van der Waals surface area contributed by atoms with Crippen LogP contribution in [0.5, 0.6) is 5.75 Å². The molecule has 0 saturated heterocycles. The van der Waals surface area contributed by atoms with Crippen molar-refractivity contribution in [1.82, 2.24) is 5.32 Å². The lowest BCUT2D eigenvalue weighted by Gasteiger charge is -2.13. The second kappa shape index (κ2) is 6.23. The zero-order valence-electron chi connectivity index (χ0n) is 11.3. The number of amides is 1. The largest absolute Gasteiger partial charge is 0.483 e. The molecule has 19 heavy (non-hydrogen) atoms. The van der Waals surface area contributed by atoms with E-state index in [2.05, 4.69) is 5.32 Å². The van der Waals surface area contributed by atoms with Crippen LogP contribution >= 0.6 is 0 Å². The summed E-state index contributed by atoms with van der Waals surface area (Å²) in [6.07, 6.45) is 0.917. The second-order valence-electron chi connectivity index (χ2n) is 4.64. The Morgan fingerprint density at radius 2 is 1.95 bits per heavy atom. The summed E-state index contributed by atoms with van der Waals surface area (Å²) in [4.78, 5) is 11.7. The molecule has 0 heterocycles. The number of benzene rings is 2. The summed E-state index contributed by atoms with van der Waals surface area (Å²) in [7, 11) is 0. The van der Waals surface area contributed by atoms with Gasteiger partial charge in [0.25, 0.3) is 5.91 Å². The summed E-state index contributed by atoms with van der Waals surface area (Å²) in [5.41, 5.74) is 0. The molecule has 100 valence electrons. The molecule has 1 N–H and O–H groups in total. The Bertz CT molecular complexity index is 560. The van der Waals surface area contributed by atoms with Crippen molar-refractivity contribution in [3.05, 3.63) is 42.5 Å². The lowest BCUT2D eigenvalue weighted by Crippen LogP contribution is -2.35. The molecule has 2 aromatic carbocycles. The highest BCUT2D eigenvalue weighted by Gasteiger charge is 2.07. The Kier molecular flexibility index (Phi) is 4.39. The molecule has 1 atom stereocenters. The average Bonchev–Trinajstić information content (AvgIpc) is 2.44. The molecule has 0 unspecified atom stereocenters. The molecule has 0 fully saturated rings. The maximum absolute atomic E-state index is 11.7. The lowest BCUT2D eigenvalue weighted by molar-refractivity contribution is -0.123. The Morgan fingerprint density at radius 1 is 1.21 bits per heavy atom. The van der Waals surface area contributed by atoms with Crippen LogP contribution in [0.15, 0.2) is 42.5 Å². The fraction of sp³-hybridized carbons (Fsp3) is 0.312. The molecule has 2 aromatic rings. The van der Waals surface area contributed by atoms with Crippen LogP contribution in [0, 0.1) is 0 Å². The Balaban J connectivity index is 2.04. The van der Waals surface area contributed by atoms with Crippen molar-refractivity contribution in [1.29, 1.82) is 0 Å². The number of carbonyl (C=O) groups is 1. The molecule has 0 bridgehead atoms. The summed E-state index contributed by atoms with van der Waals surface area (Å²) >= 11 is 0. The lowest BCUT2D eigenvalue weighted by atomic mass is 10.1. The van der Waals surface area contributed by atoms with Crippen molar-refractivity contribution in [3.63, 3.8) is 0 Å². The first kappa shape index (κ1) is 13.4. The molecule has 3 nitrogen and oxygen atoms in total. The molecule has 0 aliphatic rings. The first-order valence-electron chi connectivity index (χ1n) is 6.60. The number of hydrogen-bond donors (Lipinski definition) is 1. The molecular formula is C16H19NO2. The van der Waals surface area contributed by atoms with E-state index in [0.29, 0.717) is 0 Å². The minimum absolute atomic E-state index is 0.0539. The van der Waals surface area contributed by atoms with Crippen LogP contribution in [0.25, 0.3) is 10.8 Å². The second-order valence-corrected chi connectivity index (χ2v) is 4.64. The maximum Gasteiger partial charge on any atom is 0.258 e. The van der Waals surface area contributed by atoms with E-state index in [0.717, 1.165) is 22.9 Å². The predicted molar refractivity (Wildman–Crippen MR) is 77.3 cm³/mol. The van der Waals surface area contributed by atoms with Crippen LogP contribution < -0.4 is 10.1 Å². The minimum Gasteiger partial charge on any atom is -0.483 e. The van der Waals surface area contributed by atoms with Gasteiger partial charge in [-0.1, -0.05) is 43.3 Å². The monoisotopic (exact) mass is 257 g/mol. The Labute approximate surface area is 113 Å². The van der Waals surface area contributed by atoms with Gasteiger partial charge in [-0.05, 0) is 24.8 Å². The van der Waals surface area contributed by atoms with Crippen molar-refractivity contribution in [3.8, 4) is 5.75 Å². The van der Waals surface area contributed by atoms with Crippen molar-refractivity contribution in [2.75, 3.05) is 6.61 Å². The fourth-order valence-electron chi connectivity index (χ4n) is 1.88. The predicted octanol–water partition coefficient (Wildman–Crippen LogP) is 3.13. The Hall–Kier alpha value is -2.03. The molecular weight excluding hydrogens is 238 g/mol. The van der Waals surface area contributed by atoms with Gasteiger partial charge in [-0.3, -0.25) is 4.79 Å². The molecule has 0 aliphatic carbocycles. The van der Waals surface area contributed by atoms with Gasteiger partial charge in [0.15, 0.2) is 6.61 Å². The van der Waals surface area contributed by atoms with Gasteiger partial charge in [0.1, 0.15) is 5.75 Å². The standard InChI is InChI=1S/C16H19NO2/c1-3-12(2)17-16(18)11-19-15-10-6-8-13-7-4-5-9-14(13)15/h4-10,12H,3,11H2,1-2H3,(H,17,18)/t12-/m1/s1. The number of carbonyl (C=O) groups excluding carboxylic acids is 1. The van der Waals surface area contributed by atoms with Gasteiger partial charge < -0.3 is 10.1 Å². The molecule has 3 heteroatoms. The van der Waals surface area contributed by atoms with Gasteiger partial charge in [0.2, 0.25) is 0 Å². The third-order valence-electron chi connectivity index (χ3n) is 3.13. The van der Waals surface area contributed by atoms with Crippen LogP contribution in [0.4, 0.5) is 0 Å². The summed E-state index contributed by atoms with van der Waals surface area (Å²) in [6, 6.07) is 14.0. The van der Waals surface area contributed by atoms with Crippen LogP contribution in [-0.4, -0.2) is 18.6 Å². The topological polar surface area (TPSA) is 38.3 Å². The minimum atomic E-state index is -0.0812. The smallest absolute Gasteiger partial charge is 0.258 e. The third kappa shape index (κ3) is 3.47. The quantitative estimate of drug-likeness (QED) is 0.893. The molecule has 0 aliphatic heterocycles. The molecule has 0 saturated carbocycles. The van der Waals surface area contributed by atoms with Crippen LogP contribution in [0.1, 0.15) is 20.3 Å². The third-order valence-corrected chi connectivity index (χ3v) is 3.13. The van der Waals surface area contributed by atoms with E-state index < -0.39 is 0 Å². The van der Waals surface area contributed by atoms with E-state index in [1.807, 2.05) is 56.3 Å². The van der Waals surface area contributed by atoms with Crippen molar-refractivity contribution in [2.45, 2.75) is 26.3 Å². The van der Waals surface area contributed by atoms with Crippen molar-refractivity contribution in [2.24, 2.45) is 0 Å². The van der Waals surface area contributed by atoms with Crippen molar-refractivity contribution < 1.29 is 9.53 Å². The summed E-state index contributed by atoms with van der Waals surface area (Å²) in [5.74, 6) is 0.666. The van der Waals surface area contributed by atoms with Gasteiger partial charge in [-0.2, -0.15) is 0 Å². The van der Waals surface area contributed by atoms with Crippen LogP contribution in [0.3, 0.4) is 0 Å². The first-order valence-corrected chi connectivity index (χ1v) is 6.60. The molecule has 2 rings (SSSR count). The van der Waals surface area contributed by atoms with E-state index >= 15 is 0 Å². The van der Waals surface area contributed by atoms with Gasteiger partial charge in [0.05, 0.1) is 0 Å². The van der Waals surface area contributed by atoms with E-state index in [-0.39, 0.29) is 18.6 Å². The van der Waals surface area contributed by atoms with E-state index in [1.54, 1.807) is 0 Å². The number of fused-ring (bicyclic) bond motifs is 1. The zero-order chi connectivity index (χ0) is 13.7. The summed E-state index contributed by atoms with van der Waals surface area (Å²) in [6.45, 7) is 4.07. The molecule has 1 amide bonds. The highest BCUT2D eigenvalue weighted by molar-refractivity contribution is 5.88. The first-order chi connectivity index (χ1) is 9.20. The Morgan fingerprint density at radius 3 is 2.74 bits per heavy atom. The SMILES string of the molecule is CC[C@@H](C)NC(=O)COc1cccc2ccccc12. The number of hydrogen-bond acceptors (Lipinski definition) is 2. The fourth-order valence-corrected chi connectivity index (χ4v) is 1.88. The van der Waals surface area contributed by atoms with Gasteiger partial charge in [0, 0.05) is 11.4 Å². The zero-order valence-corrected chi connectivity index (χ0v) is 11.3. The number of rotatable bonds is 5. The van der Waals surface area contributed by atoms with E-state index in [4.69, 9.17) is 4.74 Å². The normalized spacial score (nSPS) is 12.1.